The highest BCUT2D eigenvalue weighted by Gasteiger charge is 2.06. The molecule has 4 heterocycles. The summed E-state index contributed by atoms with van der Waals surface area (Å²) in [5, 5.41) is 4.62. The van der Waals surface area contributed by atoms with Gasteiger partial charge < -0.3 is 9.13 Å². The molecular formula is C22H16N4. The lowest BCUT2D eigenvalue weighted by atomic mass is 10.2. The molecule has 4 nitrogen and oxygen atoms in total. The zero-order valence-electron chi connectivity index (χ0n) is 14.6. The first-order chi connectivity index (χ1) is 12.7. The van der Waals surface area contributed by atoms with Gasteiger partial charge in [-0.15, -0.1) is 0 Å². The molecule has 0 atom stereocenters. The predicted molar refractivity (Wildman–Crippen MR) is 101 cm³/mol. The Morgan fingerprint density at radius 3 is 1.35 bits per heavy atom. The number of imidazole rings is 2. The zero-order valence-corrected chi connectivity index (χ0v) is 14.6. The van der Waals surface area contributed by atoms with E-state index >= 15 is 0 Å². The van der Waals surface area contributed by atoms with E-state index in [0.717, 1.165) is 43.5 Å². The molecule has 0 aliphatic carbocycles. The molecule has 0 N–H and O–H groups in total. The molecule has 2 aromatic heterocycles. The molecule has 0 fully saturated rings. The summed E-state index contributed by atoms with van der Waals surface area (Å²) in [6, 6.07) is 21.5. The minimum Gasteiger partial charge on any atom is -0.327 e. The van der Waals surface area contributed by atoms with Crippen LogP contribution in [-0.2, 0) is 14.1 Å². The van der Waals surface area contributed by atoms with E-state index in [1.165, 1.54) is 10.4 Å². The van der Waals surface area contributed by atoms with E-state index < -0.39 is 0 Å². The van der Waals surface area contributed by atoms with Gasteiger partial charge in [0.2, 0.25) is 0 Å². The minimum absolute atomic E-state index is 0.984. The molecule has 124 valence electrons. The first-order valence-electron chi connectivity index (χ1n) is 8.73. The average molecular weight is 336 g/mol. The molecule has 0 unspecified atom stereocenters. The van der Waals surface area contributed by atoms with Crippen molar-refractivity contribution >= 4 is 22.1 Å². The molecule has 2 aliphatic heterocycles. The van der Waals surface area contributed by atoms with Gasteiger partial charge in [0.05, 0.1) is 22.1 Å². The normalized spacial score (nSPS) is 12.2. The number of benzene rings is 3. The molecule has 26 heavy (non-hydrogen) atoms. The Bertz CT molecular complexity index is 1510. The van der Waals surface area contributed by atoms with Crippen LogP contribution >= 0.6 is 0 Å². The Morgan fingerprint density at radius 2 is 0.923 bits per heavy atom. The maximum atomic E-state index is 4.85. The van der Waals surface area contributed by atoms with E-state index in [9.17, 15) is 0 Å². The van der Waals surface area contributed by atoms with Gasteiger partial charge in [-0.25, -0.2) is 9.97 Å². The molecule has 3 aromatic carbocycles. The highest BCUT2D eigenvalue weighted by Crippen LogP contribution is 2.18. The van der Waals surface area contributed by atoms with E-state index in [4.69, 9.17) is 9.97 Å². The average Bonchev–Trinajstić information content (AvgIpc) is 3.18. The van der Waals surface area contributed by atoms with E-state index in [0.29, 0.717) is 0 Å². The van der Waals surface area contributed by atoms with Gasteiger partial charge in [-0.3, -0.25) is 0 Å². The monoisotopic (exact) mass is 336 g/mol. The maximum absolute atomic E-state index is 4.85. The maximum Gasteiger partial charge on any atom is 0.140 e. The summed E-state index contributed by atoms with van der Waals surface area (Å²) in [5.41, 5.74) is 6.30. The third-order valence-electron chi connectivity index (χ3n) is 5.50. The third-order valence-corrected chi connectivity index (χ3v) is 5.50. The van der Waals surface area contributed by atoms with Gasteiger partial charge in [0.15, 0.2) is 0 Å². The Hall–Kier alpha value is -3.40. The van der Waals surface area contributed by atoms with Gasteiger partial charge in [-0.2, -0.15) is 0 Å². The van der Waals surface area contributed by atoms with Crippen molar-refractivity contribution in [1.82, 2.24) is 19.1 Å². The van der Waals surface area contributed by atoms with E-state index in [1.807, 2.05) is 0 Å². The number of hydrogen-bond donors (Lipinski definition) is 0. The molecule has 0 amide bonds. The molecule has 0 saturated heterocycles. The van der Waals surface area contributed by atoms with E-state index in [2.05, 4.69) is 83.9 Å². The van der Waals surface area contributed by atoms with Gasteiger partial charge in [0.1, 0.15) is 11.0 Å². The highest BCUT2D eigenvalue weighted by atomic mass is 15.0. The first kappa shape index (κ1) is 13.8. The smallest absolute Gasteiger partial charge is 0.140 e. The van der Waals surface area contributed by atoms with Crippen LogP contribution in [0, 0.1) is 31.8 Å². The van der Waals surface area contributed by atoms with Crippen LogP contribution in [0.2, 0.25) is 0 Å². The van der Waals surface area contributed by atoms with E-state index in [1.54, 1.807) is 0 Å². The molecule has 7 rings (SSSR count). The predicted octanol–water partition coefficient (Wildman–Crippen LogP) is 3.63. The lowest BCUT2D eigenvalue weighted by Gasteiger charge is -1.98. The summed E-state index contributed by atoms with van der Waals surface area (Å²) in [6.07, 6.45) is 0. The second-order valence-corrected chi connectivity index (χ2v) is 6.97. The Morgan fingerprint density at radius 1 is 0.538 bits per heavy atom. The van der Waals surface area contributed by atoms with Crippen LogP contribution in [0.15, 0.2) is 60.7 Å². The standard InChI is InChI=1S/C22H16N4/c1-25-19-11-15-7-9-17(19)23-21(25)13-3-5-14(6-4-13)22-24-18-10-8-16(15)12-20(18)26(22)2/h3-12H,1-2H3. The van der Waals surface area contributed by atoms with Crippen molar-refractivity contribution in [3.63, 3.8) is 0 Å². The van der Waals surface area contributed by atoms with Crippen molar-refractivity contribution in [2.45, 2.75) is 0 Å². The summed E-state index contributed by atoms with van der Waals surface area (Å²) in [4.78, 5) is 9.71. The van der Waals surface area contributed by atoms with Crippen LogP contribution in [0.1, 0.15) is 0 Å². The first-order valence-corrected chi connectivity index (χ1v) is 8.73. The molecule has 0 spiro atoms. The van der Waals surface area contributed by atoms with Crippen molar-refractivity contribution in [1.29, 1.82) is 0 Å². The second kappa shape index (κ2) is 4.61. The topological polar surface area (TPSA) is 35.6 Å². The van der Waals surface area contributed by atoms with Crippen molar-refractivity contribution in [3.05, 3.63) is 92.5 Å². The Labute approximate surface area is 148 Å². The van der Waals surface area contributed by atoms with Crippen LogP contribution in [0.25, 0.3) is 22.1 Å². The fraction of sp³-hybridized carbons (Fsp3) is 0.0909. The van der Waals surface area contributed by atoms with Crippen LogP contribution in [-0.4, -0.2) is 19.1 Å². The van der Waals surface area contributed by atoms with Gasteiger partial charge in [0.25, 0.3) is 0 Å². The number of hydrogen-bond acceptors (Lipinski definition) is 2. The number of aromatic nitrogens is 4. The van der Waals surface area contributed by atoms with Gasteiger partial charge in [0, 0.05) is 24.5 Å². The summed E-state index contributed by atoms with van der Waals surface area (Å²) in [5.74, 6) is 0. The number of aryl methyl sites for hydroxylation is 2. The third kappa shape index (κ3) is 1.68. The van der Waals surface area contributed by atoms with Gasteiger partial charge in [-0.05, 0) is 34.7 Å². The molecular weight excluding hydrogens is 320 g/mol. The van der Waals surface area contributed by atoms with Crippen LogP contribution < -0.4 is 0 Å². The fourth-order valence-electron chi connectivity index (χ4n) is 4.02. The van der Waals surface area contributed by atoms with Gasteiger partial charge in [-0.1, -0.05) is 36.4 Å². The molecule has 0 radical (unpaired) electrons. The SMILES string of the molecule is Cn1c2nc3ccc(cc31)=c1ccc3nc(n(C)c3c1)=c1ccc=2cc1. The summed E-state index contributed by atoms with van der Waals surface area (Å²) >= 11 is 0. The quantitative estimate of drug-likeness (QED) is 0.425. The van der Waals surface area contributed by atoms with Crippen molar-refractivity contribution in [2.24, 2.45) is 14.1 Å². The van der Waals surface area contributed by atoms with Crippen molar-refractivity contribution in [2.75, 3.05) is 0 Å². The van der Waals surface area contributed by atoms with Crippen molar-refractivity contribution < 1.29 is 0 Å². The number of rotatable bonds is 0. The lowest BCUT2D eigenvalue weighted by molar-refractivity contribution is 0.892. The molecule has 2 aliphatic rings. The van der Waals surface area contributed by atoms with Crippen LogP contribution in [0.5, 0.6) is 0 Å². The number of nitrogens with zero attached hydrogens (tertiary/aromatic N) is 4. The van der Waals surface area contributed by atoms with Crippen molar-refractivity contribution in [3.8, 4) is 0 Å². The Kier molecular flexibility index (Phi) is 2.45. The van der Waals surface area contributed by atoms with Gasteiger partial charge >= 0.3 is 0 Å². The van der Waals surface area contributed by atoms with Crippen LogP contribution in [0.3, 0.4) is 0 Å². The minimum atomic E-state index is 0.984. The molecule has 4 heteroatoms. The zero-order chi connectivity index (χ0) is 17.4. The molecule has 0 saturated carbocycles. The second-order valence-electron chi connectivity index (χ2n) is 6.97. The van der Waals surface area contributed by atoms with E-state index in [-0.39, 0.29) is 0 Å². The Balaban J connectivity index is 2.09. The molecule has 8 bridgehead atoms. The number of fused-ring (bicyclic) bond motifs is 2. The fourth-order valence-corrected chi connectivity index (χ4v) is 4.02. The summed E-state index contributed by atoms with van der Waals surface area (Å²) in [6.45, 7) is 0. The molecule has 5 aromatic rings. The largest absolute Gasteiger partial charge is 0.327 e. The highest BCUT2D eigenvalue weighted by molar-refractivity contribution is 5.77. The summed E-state index contributed by atoms with van der Waals surface area (Å²) in [7, 11) is 4.17. The van der Waals surface area contributed by atoms with Crippen LogP contribution in [0.4, 0.5) is 0 Å². The summed E-state index contributed by atoms with van der Waals surface area (Å²) < 4.78 is 4.35. The lowest BCUT2D eigenvalue weighted by Crippen LogP contribution is -1.92.